The van der Waals surface area contributed by atoms with Gasteiger partial charge in [0.25, 0.3) is 5.91 Å². The molecule has 138 valence electrons. The van der Waals surface area contributed by atoms with Crippen molar-refractivity contribution in [2.45, 2.75) is 19.9 Å². The molecule has 2 aromatic carbocycles. The van der Waals surface area contributed by atoms with E-state index in [2.05, 4.69) is 10.4 Å². The lowest BCUT2D eigenvalue weighted by molar-refractivity contribution is -0.139. The van der Waals surface area contributed by atoms with Crippen LogP contribution < -0.4 is 10.1 Å². The van der Waals surface area contributed by atoms with Gasteiger partial charge >= 0.3 is 5.97 Å². The average Bonchev–Trinajstić information content (AvgIpc) is 2.62. The summed E-state index contributed by atoms with van der Waals surface area (Å²) in [5, 5.41) is 18.2. The minimum absolute atomic E-state index is 0.128. The highest BCUT2D eigenvalue weighted by Crippen LogP contribution is 2.34. The molecule has 1 aliphatic heterocycles. The van der Waals surface area contributed by atoms with Gasteiger partial charge in [-0.25, -0.2) is 5.01 Å². The molecule has 1 atom stereocenters. The number of hydrazone groups is 1. The van der Waals surface area contributed by atoms with Crippen LogP contribution in [0.2, 0.25) is 0 Å². The maximum atomic E-state index is 12.7. The predicted octanol–water partition coefficient (Wildman–Crippen LogP) is 1.70. The molecule has 0 saturated carbocycles. The Hall–Kier alpha value is -3.68. The molecular weight excluding hydrogens is 350 g/mol. The molecule has 2 N–H and O–H groups in total. The van der Waals surface area contributed by atoms with E-state index in [1.54, 1.807) is 24.3 Å². The Bertz CT molecular complexity index is 940. The Labute approximate surface area is 155 Å². The molecule has 0 spiro atoms. The first kappa shape index (κ1) is 18.1. The Kier molecular flexibility index (Phi) is 4.89. The number of phenols is 1. The Morgan fingerprint density at radius 3 is 2.44 bits per heavy atom. The lowest BCUT2D eigenvalue weighted by atomic mass is 10.0. The number of carbonyl (C=O) groups excluding carboxylic acids is 3. The molecule has 0 radical (unpaired) electrons. The highest BCUT2D eigenvalue weighted by Gasteiger charge is 2.36. The fraction of sp³-hybridized carbons (Fsp3) is 0.158. The molecule has 0 bridgehead atoms. The third-order valence-corrected chi connectivity index (χ3v) is 3.87. The summed E-state index contributed by atoms with van der Waals surface area (Å²) in [7, 11) is 0. The fourth-order valence-corrected chi connectivity index (χ4v) is 2.72. The summed E-state index contributed by atoms with van der Waals surface area (Å²) >= 11 is 0. The zero-order chi connectivity index (χ0) is 19.6. The number of esters is 1. The van der Waals surface area contributed by atoms with Crippen molar-refractivity contribution in [3.63, 3.8) is 0 Å². The van der Waals surface area contributed by atoms with Crippen LogP contribution in [0.5, 0.6) is 11.5 Å². The normalized spacial score (nSPS) is 16.4. The van der Waals surface area contributed by atoms with Crippen molar-refractivity contribution in [1.82, 2.24) is 10.3 Å². The quantitative estimate of drug-likeness (QED) is 0.634. The van der Waals surface area contributed by atoms with E-state index in [-0.39, 0.29) is 22.9 Å². The number of ether oxygens (including phenoxy) is 1. The third-order valence-electron chi connectivity index (χ3n) is 3.87. The van der Waals surface area contributed by atoms with Crippen molar-refractivity contribution in [3.05, 3.63) is 59.7 Å². The van der Waals surface area contributed by atoms with Gasteiger partial charge in [0, 0.05) is 31.0 Å². The van der Waals surface area contributed by atoms with Gasteiger partial charge < -0.3 is 15.2 Å². The van der Waals surface area contributed by atoms with Crippen LogP contribution in [0.1, 0.15) is 31.0 Å². The SMILES string of the molecule is CC(=O)Oc1ccc(C2C(=O)NC(c3ccccc3)=NN2C(C)=O)c(O)c1. The third kappa shape index (κ3) is 3.79. The van der Waals surface area contributed by atoms with Gasteiger partial charge in [0.2, 0.25) is 5.91 Å². The first-order valence-corrected chi connectivity index (χ1v) is 8.13. The van der Waals surface area contributed by atoms with Crippen LogP contribution in [0.3, 0.4) is 0 Å². The number of amides is 2. The first-order chi connectivity index (χ1) is 12.9. The minimum Gasteiger partial charge on any atom is -0.507 e. The number of rotatable bonds is 3. The van der Waals surface area contributed by atoms with E-state index in [9.17, 15) is 19.5 Å². The number of amidine groups is 1. The van der Waals surface area contributed by atoms with Crippen LogP contribution in [-0.4, -0.2) is 33.7 Å². The maximum absolute atomic E-state index is 12.7. The van der Waals surface area contributed by atoms with Crippen LogP contribution in [0, 0.1) is 0 Å². The van der Waals surface area contributed by atoms with Crippen LogP contribution in [0.25, 0.3) is 0 Å². The van der Waals surface area contributed by atoms with Crippen molar-refractivity contribution in [1.29, 1.82) is 0 Å². The molecule has 2 amide bonds. The molecule has 0 aromatic heterocycles. The van der Waals surface area contributed by atoms with Crippen molar-refractivity contribution >= 4 is 23.6 Å². The number of carbonyl (C=O) groups is 3. The number of nitrogens with one attached hydrogen (secondary N) is 1. The highest BCUT2D eigenvalue weighted by atomic mass is 16.5. The largest absolute Gasteiger partial charge is 0.507 e. The van der Waals surface area contributed by atoms with E-state index in [1.165, 1.54) is 32.0 Å². The number of hydrogen-bond acceptors (Lipinski definition) is 6. The molecule has 27 heavy (non-hydrogen) atoms. The molecule has 1 unspecified atom stereocenters. The first-order valence-electron chi connectivity index (χ1n) is 8.13. The smallest absolute Gasteiger partial charge is 0.308 e. The second-order valence-electron chi connectivity index (χ2n) is 5.88. The number of aromatic hydroxyl groups is 1. The van der Waals surface area contributed by atoms with Gasteiger partial charge in [-0.15, -0.1) is 0 Å². The molecule has 3 rings (SSSR count). The number of benzene rings is 2. The van der Waals surface area contributed by atoms with Crippen molar-refractivity contribution in [3.8, 4) is 11.5 Å². The lowest BCUT2D eigenvalue weighted by Crippen LogP contribution is -2.48. The van der Waals surface area contributed by atoms with Crippen molar-refractivity contribution in [2.75, 3.05) is 0 Å². The van der Waals surface area contributed by atoms with Crippen LogP contribution in [0.15, 0.2) is 53.6 Å². The van der Waals surface area contributed by atoms with Gasteiger partial charge in [-0.2, -0.15) is 5.10 Å². The van der Waals surface area contributed by atoms with E-state index in [0.717, 1.165) is 5.01 Å². The van der Waals surface area contributed by atoms with Gasteiger partial charge in [-0.05, 0) is 12.1 Å². The van der Waals surface area contributed by atoms with E-state index in [0.29, 0.717) is 5.56 Å². The zero-order valence-electron chi connectivity index (χ0n) is 14.7. The maximum Gasteiger partial charge on any atom is 0.308 e. The molecule has 2 aromatic rings. The Morgan fingerprint density at radius 1 is 1.15 bits per heavy atom. The standard InChI is InChI=1S/C19H17N3O5/c1-11(23)22-17(15-9-8-14(10-16(15)25)27-12(2)24)19(26)20-18(21-22)13-6-4-3-5-7-13/h3-10,17,25H,1-2H3,(H,20,21,26). The van der Waals surface area contributed by atoms with Crippen LogP contribution in [0.4, 0.5) is 0 Å². The molecule has 0 aliphatic carbocycles. The molecule has 1 heterocycles. The summed E-state index contributed by atoms with van der Waals surface area (Å²) in [4.78, 5) is 35.9. The van der Waals surface area contributed by atoms with Gasteiger partial charge in [-0.3, -0.25) is 14.4 Å². The number of nitrogens with zero attached hydrogens (tertiary/aromatic N) is 2. The van der Waals surface area contributed by atoms with Gasteiger partial charge in [-0.1, -0.05) is 30.3 Å². The lowest BCUT2D eigenvalue weighted by Gasteiger charge is -2.31. The predicted molar refractivity (Wildman–Crippen MR) is 95.8 cm³/mol. The summed E-state index contributed by atoms with van der Waals surface area (Å²) in [6, 6.07) is 11.8. The van der Waals surface area contributed by atoms with E-state index >= 15 is 0 Å². The Balaban J connectivity index is 2.00. The van der Waals surface area contributed by atoms with E-state index in [1.807, 2.05) is 6.07 Å². The topological polar surface area (TPSA) is 108 Å². The van der Waals surface area contributed by atoms with E-state index in [4.69, 9.17) is 4.74 Å². The summed E-state index contributed by atoms with van der Waals surface area (Å²) in [6.45, 7) is 2.51. The van der Waals surface area contributed by atoms with Crippen LogP contribution in [-0.2, 0) is 14.4 Å². The zero-order valence-corrected chi connectivity index (χ0v) is 14.7. The number of phenolic OH excluding ortho intramolecular Hbond substituents is 1. The molecule has 8 nitrogen and oxygen atoms in total. The second-order valence-corrected chi connectivity index (χ2v) is 5.88. The van der Waals surface area contributed by atoms with E-state index < -0.39 is 23.8 Å². The molecule has 0 fully saturated rings. The van der Waals surface area contributed by atoms with Crippen LogP contribution >= 0.6 is 0 Å². The fourth-order valence-electron chi connectivity index (χ4n) is 2.72. The summed E-state index contributed by atoms with van der Waals surface area (Å²) in [5.41, 5.74) is 0.805. The summed E-state index contributed by atoms with van der Waals surface area (Å²) in [6.07, 6.45) is 0. The van der Waals surface area contributed by atoms with Gasteiger partial charge in [0.05, 0.1) is 0 Å². The summed E-state index contributed by atoms with van der Waals surface area (Å²) in [5.74, 6) is -1.45. The molecule has 8 heteroatoms. The molecule has 1 aliphatic rings. The second kappa shape index (κ2) is 7.28. The monoisotopic (exact) mass is 367 g/mol. The van der Waals surface area contributed by atoms with Crippen molar-refractivity contribution in [2.24, 2.45) is 5.10 Å². The van der Waals surface area contributed by atoms with Gasteiger partial charge in [0.15, 0.2) is 11.9 Å². The Morgan fingerprint density at radius 2 is 1.85 bits per heavy atom. The highest BCUT2D eigenvalue weighted by molar-refractivity contribution is 6.11. The van der Waals surface area contributed by atoms with Crippen molar-refractivity contribution < 1.29 is 24.2 Å². The van der Waals surface area contributed by atoms with Gasteiger partial charge in [0.1, 0.15) is 11.5 Å². The average molecular weight is 367 g/mol. The molecular formula is C19H17N3O5. The minimum atomic E-state index is -1.15. The summed E-state index contributed by atoms with van der Waals surface area (Å²) < 4.78 is 4.91. The molecule has 0 saturated heterocycles. The number of hydrogen-bond donors (Lipinski definition) is 2.